The molecule has 2 atom stereocenters. The molecule has 3 aromatic rings. The van der Waals surface area contributed by atoms with Crippen LogP contribution in [-0.2, 0) is 26.4 Å². The monoisotopic (exact) mass is 425 g/mol. The highest BCUT2D eigenvalue weighted by atomic mass is 16.5. The number of fused-ring (bicyclic) bond motifs is 2. The van der Waals surface area contributed by atoms with Crippen molar-refractivity contribution in [2.24, 2.45) is 0 Å². The fraction of sp³-hybridized carbons (Fsp3) is 0.500. The number of benzene rings is 1. The van der Waals surface area contributed by atoms with Gasteiger partial charge in [-0.05, 0) is 32.0 Å². The van der Waals surface area contributed by atoms with Crippen molar-refractivity contribution in [3.8, 4) is 11.4 Å². The van der Waals surface area contributed by atoms with Crippen LogP contribution in [0.1, 0.15) is 31.5 Å². The number of nitrogens with two attached hydrogens (primary N) is 1. The molecule has 2 aliphatic heterocycles. The van der Waals surface area contributed by atoms with E-state index in [0.29, 0.717) is 49.8 Å². The molecule has 0 amide bonds. The predicted molar refractivity (Wildman–Crippen MR) is 116 cm³/mol. The zero-order chi connectivity index (χ0) is 21.6. The summed E-state index contributed by atoms with van der Waals surface area (Å²) in [5.74, 6) is 1.53. The van der Waals surface area contributed by atoms with E-state index in [9.17, 15) is 0 Å². The van der Waals surface area contributed by atoms with Gasteiger partial charge in [-0.1, -0.05) is 0 Å². The minimum Gasteiger partial charge on any atom is -0.424 e. The van der Waals surface area contributed by atoms with E-state index < -0.39 is 5.60 Å². The van der Waals surface area contributed by atoms with Crippen LogP contribution in [0.15, 0.2) is 22.6 Å². The van der Waals surface area contributed by atoms with Crippen LogP contribution in [0, 0.1) is 0 Å². The van der Waals surface area contributed by atoms with Gasteiger partial charge in [-0.2, -0.15) is 4.98 Å². The topological polar surface area (TPSA) is 109 Å². The first kappa shape index (κ1) is 20.2. The van der Waals surface area contributed by atoms with Gasteiger partial charge < -0.3 is 29.3 Å². The fourth-order valence-corrected chi connectivity index (χ4v) is 4.32. The molecule has 0 spiro atoms. The third-order valence-corrected chi connectivity index (χ3v) is 6.11. The smallest absolute Gasteiger partial charge is 0.292 e. The van der Waals surface area contributed by atoms with Crippen LogP contribution < -0.4 is 10.6 Å². The highest BCUT2D eigenvalue weighted by Crippen LogP contribution is 2.43. The van der Waals surface area contributed by atoms with Crippen molar-refractivity contribution in [2.75, 3.05) is 44.1 Å². The number of morpholine rings is 1. The van der Waals surface area contributed by atoms with Gasteiger partial charge in [-0.25, -0.2) is 9.97 Å². The van der Waals surface area contributed by atoms with E-state index in [0.717, 1.165) is 29.2 Å². The summed E-state index contributed by atoms with van der Waals surface area (Å²) in [6.45, 7) is 7.40. The van der Waals surface area contributed by atoms with Crippen LogP contribution in [-0.4, -0.2) is 54.5 Å². The predicted octanol–water partition coefficient (Wildman–Crippen LogP) is 2.87. The van der Waals surface area contributed by atoms with Crippen molar-refractivity contribution in [1.82, 2.24) is 15.0 Å². The van der Waals surface area contributed by atoms with Gasteiger partial charge in [-0.3, -0.25) is 0 Å². The lowest BCUT2D eigenvalue weighted by atomic mass is 9.96. The molecule has 164 valence electrons. The maximum atomic E-state index is 6.26. The maximum Gasteiger partial charge on any atom is 0.292 e. The summed E-state index contributed by atoms with van der Waals surface area (Å²) in [7, 11) is 1.70. The largest absolute Gasteiger partial charge is 0.424 e. The first-order valence-electron chi connectivity index (χ1n) is 10.5. The summed E-state index contributed by atoms with van der Waals surface area (Å²) in [6, 6.07) is 6.06. The summed E-state index contributed by atoms with van der Waals surface area (Å²) in [5.41, 5.74) is 9.30. The molecule has 9 heteroatoms. The van der Waals surface area contributed by atoms with E-state index in [1.54, 1.807) is 7.11 Å². The van der Waals surface area contributed by atoms with Gasteiger partial charge in [0.2, 0.25) is 0 Å². The van der Waals surface area contributed by atoms with E-state index in [2.05, 4.69) is 23.7 Å². The number of anilines is 2. The average Bonchev–Trinajstić information content (AvgIpc) is 3.31. The Labute approximate surface area is 180 Å². The molecule has 2 unspecified atom stereocenters. The lowest BCUT2D eigenvalue weighted by molar-refractivity contribution is -0.0448. The first-order valence-corrected chi connectivity index (χ1v) is 10.5. The summed E-state index contributed by atoms with van der Waals surface area (Å²) in [5, 5.41) is 0. The van der Waals surface area contributed by atoms with Crippen LogP contribution in [0.4, 0.5) is 11.8 Å². The van der Waals surface area contributed by atoms with Crippen LogP contribution in [0.25, 0.3) is 22.5 Å². The Hall–Kier alpha value is -2.75. The minimum absolute atomic E-state index is 0.144. The number of nitrogen functional groups attached to an aromatic ring is 1. The molecule has 9 nitrogen and oxygen atoms in total. The summed E-state index contributed by atoms with van der Waals surface area (Å²) >= 11 is 0. The summed E-state index contributed by atoms with van der Waals surface area (Å²) < 4.78 is 22.8. The van der Waals surface area contributed by atoms with Crippen molar-refractivity contribution in [2.45, 2.75) is 38.5 Å². The second-order valence-corrected chi connectivity index (χ2v) is 8.31. The van der Waals surface area contributed by atoms with Crippen LogP contribution in [0.2, 0.25) is 0 Å². The van der Waals surface area contributed by atoms with E-state index in [1.807, 2.05) is 18.2 Å². The molecule has 5 rings (SSSR count). The molecule has 1 fully saturated rings. The average molecular weight is 425 g/mol. The molecule has 2 N–H and O–H groups in total. The summed E-state index contributed by atoms with van der Waals surface area (Å²) in [6.07, 6.45) is 0.711. The zero-order valence-electron chi connectivity index (χ0n) is 18.1. The molecule has 4 heterocycles. The second-order valence-electron chi connectivity index (χ2n) is 8.31. The van der Waals surface area contributed by atoms with Gasteiger partial charge in [0.05, 0.1) is 31.6 Å². The molecule has 0 saturated carbocycles. The highest BCUT2D eigenvalue weighted by molar-refractivity contribution is 5.80. The Morgan fingerprint density at radius 1 is 1.29 bits per heavy atom. The van der Waals surface area contributed by atoms with Crippen LogP contribution in [0.3, 0.4) is 0 Å². The fourth-order valence-electron chi connectivity index (χ4n) is 4.32. The van der Waals surface area contributed by atoms with E-state index in [4.69, 9.17) is 34.3 Å². The molecule has 0 bridgehead atoms. The normalized spacial score (nSPS) is 23.5. The van der Waals surface area contributed by atoms with Crippen molar-refractivity contribution in [3.63, 3.8) is 0 Å². The van der Waals surface area contributed by atoms with Gasteiger partial charge in [0.15, 0.2) is 11.4 Å². The quantitative estimate of drug-likeness (QED) is 0.660. The second kappa shape index (κ2) is 7.74. The number of hydrogen-bond donors (Lipinski definition) is 1. The van der Waals surface area contributed by atoms with Crippen molar-refractivity contribution in [1.29, 1.82) is 0 Å². The van der Waals surface area contributed by atoms with Crippen LogP contribution in [0.5, 0.6) is 0 Å². The molecule has 0 radical (unpaired) electrons. The minimum atomic E-state index is -0.534. The molecular formula is C22H27N5O4. The number of ether oxygens (including phenoxy) is 3. The van der Waals surface area contributed by atoms with E-state index in [1.165, 1.54) is 0 Å². The highest BCUT2D eigenvalue weighted by Gasteiger charge is 2.41. The van der Waals surface area contributed by atoms with Gasteiger partial charge in [0.1, 0.15) is 16.9 Å². The number of aromatic nitrogens is 3. The van der Waals surface area contributed by atoms with Gasteiger partial charge in [-0.15, -0.1) is 0 Å². The number of rotatable bonds is 5. The van der Waals surface area contributed by atoms with E-state index >= 15 is 0 Å². The molecule has 1 saturated heterocycles. The lowest BCUT2D eigenvalue weighted by Crippen LogP contribution is -2.44. The van der Waals surface area contributed by atoms with Crippen molar-refractivity contribution in [3.05, 3.63) is 29.5 Å². The number of hydrogen-bond acceptors (Lipinski definition) is 9. The molecule has 31 heavy (non-hydrogen) atoms. The molecule has 0 aliphatic carbocycles. The third kappa shape index (κ3) is 3.52. The van der Waals surface area contributed by atoms with E-state index in [-0.39, 0.29) is 12.1 Å². The number of nitrogens with zero attached hydrogens (tertiary/aromatic N) is 4. The molecule has 2 aliphatic rings. The van der Waals surface area contributed by atoms with Gasteiger partial charge in [0, 0.05) is 37.8 Å². The van der Waals surface area contributed by atoms with Crippen molar-refractivity contribution >= 4 is 22.9 Å². The Kier molecular flexibility index (Phi) is 5.04. The standard InChI is InChI=1S/C22H27N5O4/c1-13-11-29-9-7-27(13)20-15-12-30-22(2,6-8-28-3)18(15)25-19(26-20)14-4-5-16-17(10-14)31-21(23)24-16/h4-5,10,13H,6-9,11-12H2,1-3H3,(H2,23,24). The Bertz CT molecular complexity index is 1120. The molecule has 2 aromatic heterocycles. The van der Waals surface area contributed by atoms with Crippen LogP contribution >= 0.6 is 0 Å². The number of methoxy groups -OCH3 is 1. The SMILES string of the molecule is COCCC1(C)OCc2c(N3CCOCC3C)nc(-c3ccc4nc(N)oc4c3)nc21. The summed E-state index contributed by atoms with van der Waals surface area (Å²) in [4.78, 5) is 16.5. The Balaban J connectivity index is 1.65. The Morgan fingerprint density at radius 2 is 2.16 bits per heavy atom. The molecular weight excluding hydrogens is 398 g/mol. The first-order chi connectivity index (χ1) is 15.0. The Morgan fingerprint density at radius 3 is 2.97 bits per heavy atom. The van der Waals surface area contributed by atoms with Gasteiger partial charge in [0.25, 0.3) is 6.01 Å². The van der Waals surface area contributed by atoms with Gasteiger partial charge >= 0.3 is 0 Å². The molecule has 1 aromatic carbocycles. The third-order valence-electron chi connectivity index (χ3n) is 6.11. The zero-order valence-corrected chi connectivity index (χ0v) is 18.1. The maximum absolute atomic E-state index is 6.26. The number of oxazole rings is 1. The lowest BCUT2D eigenvalue weighted by Gasteiger charge is -2.35. The van der Waals surface area contributed by atoms with Crippen molar-refractivity contribution < 1.29 is 18.6 Å².